The van der Waals surface area contributed by atoms with Crippen molar-refractivity contribution in [2.24, 2.45) is 0 Å². The van der Waals surface area contributed by atoms with Gasteiger partial charge in [-0.3, -0.25) is 9.69 Å². The molecular formula is C19H23N3O3. The average Bonchev–Trinajstić information content (AvgIpc) is 3.23. The van der Waals surface area contributed by atoms with E-state index in [4.69, 9.17) is 4.74 Å². The predicted octanol–water partition coefficient (Wildman–Crippen LogP) is 2.48. The highest BCUT2D eigenvalue weighted by Gasteiger charge is 2.35. The van der Waals surface area contributed by atoms with E-state index in [0.717, 1.165) is 36.3 Å². The molecule has 0 amide bonds. The Bertz CT molecular complexity index is 799. The molecule has 25 heavy (non-hydrogen) atoms. The number of carboxylic acid groups (broad SMARTS) is 1. The third kappa shape index (κ3) is 2.91. The van der Waals surface area contributed by atoms with Crippen molar-refractivity contribution in [3.8, 4) is 5.75 Å². The molecule has 0 spiro atoms. The summed E-state index contributed by atoms with van der Waals surface area (Å²) in [6, 6.07) is 3.66. The van der Waals surface area contributed by atoms with Crippen LogP contribution < -0.4 is 4.74 Å². The number of hydrogen-bond acceptors (Lipinski definition) is 4. The van der Waals surface area contributed by atoms with Crippen molar-refractivity contribution in [2.75, 3.05) is 13.2 Å². The monoisotopic (exact) mass is 341 g/mol. The first-order chi connectivity index (χ1) is 12.2. The molecule has 1 unspecified atom stereocenters. The molecule has 6 nitrogen and oxygen atoms in total. The number of aromatic nitrogens is 2. The fourth-order valence-corrected chi connectivity index (χ4v) is 4.05. The number of rotatable bonds is 5. The number of aliphatic carboxylic acids is 1. The predicted molar refractivity (Wildman–Crippen MR) is 92.7 cm³/mol. The number of aromatic amines is 1. The summed E-state index contributed by atoms with van der Waals surface area (Å²) < 4.78 is 5.86. The summed E-state index contributed by atoms with van der Waals surface area (Å²) in [5, 5.41) is 9.75. The number of carboxylic acids is 1. The van der Waals surface area contributed by atoms with Gasteiger partial charge in [0.2, 0.25) is 0 Å². The van der Waals surface area contributed by atoms with Gasteiger partial charge in [-0.05, 0) is 43.4 Å². The highest BCUT2D eigenvalue weighted by Crippen LogP contribution is 2.34. The third-order valence-electron chi connectivity index (χ3n) is 5.21. The lowest BCUT2D eigenvalue weighted by molar-refractivity contribution is -0.144. The van der Waals surface area contributed by atoms with Crippen LogP contribution in [0.25, 0.3) is 0 Å². The van der Waals surface area contributed by atoms with E-state index in [0.29, 0.717) is 25.4 Å². The van der Waals surface area contributed by atoms with Crippen molar-refractivity contribution in [3.05, 3.63) is 46.5 Å². The van der Waals surface area contributed by atoms with Gasteiger partial charge in [-0.2, -0.15) is 0 Å². The quantitative estimate of drug-likeness (QED) is 0.873. The maximum absolute atomic E-state index is 11.9. The Hall–Kier alpha value is -2.34. The second kappa shape index (κ2) is 6.52. The van der Waals surface area contributed by atoms with E-state index < -0.39 is 12.0 Å². The summed E-state index contributed by atoms with van der Waals surface area (Å²) in [6.45, 7) is 3.84. The molecule has 4 rings (SSSR count). The smallest absolute Gasteiger partial charge is 0.327 e. The Kier molecular flexibility index (Phi) is 4.21. The fraction of sp³-hybridized carbons (Fsp3) is 0.474. The number of ether oxygens (including phenoxy) is 1. The van der Waals surface area contributed by atoms with Crippen LogP contribution in [0.5, 0.6) is 5.75 Å². The molecule has 2 aromatic rings. The van der Waals surface area contributed by atoms with Gasteiger partial charge in [0.1, 0.15) is 5.75 Å². The van der Waals surface area contributed by atoms with Crippen LogP contribution >= 0.6 is 0 Å². The molecule has 0 saturated heterocycles. The fourth-order valence-electron chi connectivity index (χ4n) is 4.05. The summed E-state index contributed by atoms with van der Waals surface area (Å²) in [7, 11) is 0. The van der Waals surface area contributed by atoms with Gasteiger partial charge < -0.3 is 14.8 Å². The number of imidazole rings is 1. The first-order valence-corrected chi connectivity index (χ1v) is 8.94. The summed E-state index contributed by atoms with van der Waals surface area (Å²) in [5.41, 5.74) is 5.39. The second-order valence-corrected chi connectivity index (χ2v) is 6.74. The van der Waals surface area contributed by atoms with Crippen LogP contribution in [0.15, 0.2) is 18.5 Å². The summed E-state index contributed by atoms with van der Waals surface area (Å²) >= 11 is 0. The van der Waals surface area contributed by atoms with Crippen LogP contribution in [-0.2, 0) is 30.6 Å². The van der Waals surface area contributed by atoms with E-state index in [-0.39, 0.29) is 0 Å². The number of benzene rings is 1. The van der Waals surface area contributed by atoms with Gasteiger partial charge in [0, 0.05) is 30.8 Å². The van der Waals surface area contributed by atoms with Gasteiger partial charge in [-0.1, -0.05) is 6.07 Å². The highest BCUT2D eigenvalue weighted by atomic mass is 16.5. The number of H-pyrrole nitrogens is 1. The van der Waals surface area contributed by atoms with Gasteiger partial charge in [0.05, 0.1) is 18.6 Å². The number of hydrogen-bond donors (Lipinski definition) is 2. The zero-order valence-corrected chi connectivity index (χ0v) is 14.4. The SMILES string of the molecule is CCOc1cc2c(cc1CN1CCc3[nH]cnc3C1C(=O)O)CCC2. The lowest BCUT2D eigenvalue weighted by Crippen LogP contribution is -2.39. The van der Waals surface area contributed by atoms with E-state index in [1.54, 1.807) is 6.33 Å². The molecule has 2 N–H and O–H groups in total. The minimum absolute atomic E-state index is 0.561. The Balaban J connectivity index is 1.66. The van der Waals surface area contributed by atoms with Gasteiger partial charge in [0.25, 0.3) is 0 Å². The van der Waals surface area contributed by atoms with Crippen LogP contribution in [0.1, 0.15) is 47.5 Å². The lowest BCUT2D eigenvalue weighted by Gasteiger charge is -2.32. The Morgan fingerprint density at radius 3 is 2.92 bits per heavy atom. The molecule has 1 atom stereocenters. The number of fused-ring (bicyclic) bond motifs is 2. The van der Waals surface area contributed by atoms with Crippen molar-refractivity contribution in [2.45, 2.75) is 45.2 Å². The number of aryl methyl sites for hydroxylation is 2. The van der Waals surface area contributed by atoms with Crippen molar-refractivity contribution >= 4 is 5.97 Å². The number of carbonyl (C=O) groups is 1. The minimum atomic E-state index is -0.854. The van der Waals surface area contributed by atoms with Crippen molar-refractivity contribution in [1.29, 1.82) is 0 Å². The molecule has 1 aromatic carbocycles. The molecule has 1 aliphatic heterocycles. The first-order valence-electron chi connectivity index (χ1n) is 8.94. The van der Waals surface area contributed by atoms with Crippen LogP contribution in [-0.4, -0.2) is 39.1 Å². The van der Waals surface area contributed by atoms with Crippen molar-refractivity contribution < 1.29 is 14.6 Å². The van der Waals surface area contributed by atoms with Crippen LogP contribution in [0.4, 0.5) is 0 Å². The van der Waals surface area contributed by atoms with Crippen LogP contribution in [0, 0.1) is 0 Å². The maximum Gasteiger partial charge on any atom is 0.327 e. The third-order valence-corrected chi connectivity index (χ3v) is 5.21. The molecule has 1 aromatic heterocycles. The maximum atomic E-state index is 11.9. The van der Waals surface area contributed by atoms with Gasteiger partial charge >= 0.3 is 5.97 Å². The zero-order valence-electron chi connectivity index (χ0n) is 14.4. The normalized spacial score (nSPS) is 19.5. The van der Waals surface area contributed by atoms with Gasteiger partial charge in [-0.15, -0.1) is 0 Å². The van der Waals surface area contributed by atoms with E-state index in [2.05, 4.69) is 22.1 Å². The lowest BCUT2D eigenvalue weighted by atomic mass is 10.00. The Morgan fingerprint density at radius 2 is 2.16 bits per heavy atom. The minimum Gasteiger partial charge on any atom is -0.494 e. The Labute approximate surface area is 146 Å². The molecule has 0 saturated carbocycles. The van der Waals surface area contributed by atoms with Crippen molar-refractivity contribution in [1.82, 2.24) is 14.9 Å². The van der Waals surface area contributed by atoms with E-state index >= 15 is 0 Å². The molecular weight excluding hydrogens is 318 g/mol. The zero-order chi connectivity index (χ0) is 17.4. The Morgan fingerprint density at radius 1 is 1.36 bits per heavy atom. The summed E-state index contributed by atoms with van der Waals surface area (Å²) in [4.78, 5) is 21.2. The summed E-state index contributed by atoms with van der Waals surface area (Å²) in [6.07, 6.45) is 5.76. The van der Waals surface area contributed by atoms with Crippen LogP contribution in [0.3, 0.4) is 0 Å². The molecule has 6 heteroatoms. The highest BCUT2D eigenvalue weighted by molar-refractivity contribution is 5.75. The molecule has 0 radical (unpaired) electrons. The number of nitrogens with zero attached hydrogens (tertiary/aromatic N) is 2. The van der Waals surface area contributed by atoms with Gasteiger partial charge in [0.15, 0.2) is 6.04 Å². The molecule has 2 aliphatic rings. The van der Waals surface area contributed by atoms with E-state index in [9.17, 15) is 9.90 Å². The van der Waals surface area contributed by atoms with E-state index in [1.807, 2.05) is 11.8 Å². The van der Waals surface area contributed by atoms with E-state index in [1.165, 1.54) is 17.5 Å². The molecule has 0 fully saturated rings. The number of nitrogens with one attached hydrogen (secondary N) is 1. The average molecular weight is 341 g/mol. The molecule has 132 valence electrons. The topological polar surface area (TPSA) is 78.5 Å². The van der Waals surface area contributed by atoms with Gasteiger partial charge in [-0.25, -0.2) is 4.98 Å². The largest absolute Gasteiger partial charge is 0.494 e. The molecule has 1 aliphatic carbocycles. The first kappa shape index (κ1) is 16.1. The summed E-state index contributed by atoms with van der Waals surface area (Å²) in [5.74, 6) is 0.0345. The molecule has 2 heterocycles. The van der Waals surface area contributed by atoms with Crippen LogP contribution in [0.2, 0.25) is 0 Å². The second-order valence-electron chi connectivity index (χ2n) is 6.74. The standard InChI is InChI=1S/C19H23N3O3/c1-2-25-16-9-13-5-3-4-12(13)8-14(16)10-22-7-6-15-17(21-11-20-15)18(22)19(23)24/h8-9,11,18H,2-7,10H2,1H3,(H,20,21)(H,23,24). The van der Waals surface area contributed by atoms with Crippen molar-refractivity contribution in [3.63, 3.8) is 0 Å². The molecule has 0 bridgehead atoms.